The molecule has 217 valence electrons. The summed E-state index contributed by atoms with van der Waals surface area (Å²) in [4.78, 5) is 12.0. The van der Waals surface area contributed by atoms with Crippen LogP contribution >= 0.6 is 7.82 Å². The average Bonchev–Trinajstić information content (AvgIpc) is 2.87. The Bertz CT molecular complexity index is 529. The Hall–Kier alpha value is 0.408. The summed E-state index contributed by atoms with van der Waals surface area (Å²) in [6.45, 7) is 9.56. The average molecular weight is 593 g/mol. The Balaban J connectivity index is 3.43. The molecule has 0 aliphatic heterocycles. The number of rotatable bonds is 28. The SMILES string of the molecule is CCCCCCCC/C=C\CCCCCCCCCCCCOP(=O)([O-])OCC[As](CC)(CC)CC. The van der Waals surface area contributed by atoms with E-state index in [2.05, 4.69) is 39.8 Å². The number of allylic oxidation sites excluding steroid dienone is 2. The fourth-order valence-corrected chi connectivity index (χ4v) is 11.6. The van der Waals surface area contributed by atoms with Crippen LogP contribution in [0.2, 0.25) is 20.8 Å². The molecule has 36 heavy (non-hydrogen) atoms. The van der Waals surface area contributed by atoms with Gasteiger partial charge in [0.1, 0.15) is 0 Å². The first-order valence-corrected chi connectivity index (χ1v) is 22.3. The van der Waals surface area contributed by atoms with Gasteiger partial charge in [-0.2, -0.15) is 0 Å². The zero-order chi connectivity index (χ0) is 26.8. The minimum atomic E-state index is -4.13. The van der Waals surface area contributed by atoms with Crippen molar-refractivity contribution >= 4 is 21.4 Å². The zero-order valence-electron chi connectivity index (χ0n) is 24.7. The van der Waals surface area contributed by atoms with Crippen LogP contribution in [0.3, 0.4) is 0 Å². The van der Waals surface area contributed by atoms with Gasteiger partial charge < -0.3 is 0 Å². The van der Waals surface area contributed by atoms with Gasteiger partial charge in [-0.3, -0.25) is 0 Å². The van der Waals surface area contributed by atoms with Gasteiger partial charge in [0.15, 0.2) is 0 Å². The molecule has 1 radical (unpaired) electrons. The first-order chi connectivity index (χ1) is 17.4. The number of hydrogen-bond acceptors (Lipinski definition) is 4. The normalized spacial score (nSPS) is 14.0. The topological polar surface area (TPSA) is 58.6 Å². The van der Waals surface area contributed by atoms with Crippen molar-refractivity contribution in [2.45, 2.75) is 164 Å². The third kappa shape index (κ3) is 22.4. The Labute approximate surface area is 228 Å². The summed E-state index contributed by atoms with van der Waals surface area (Å²) in [6.07, 6.45) is 27.9. The van der Waals surface area contributed by atoms with Crippen LogP contribution in [0.4, 0.5) is 0 Å². The van der Waals surface area contributed by atoms with Gasteiger partial charge >= 0.3 is 133 Å². The second kappa shape index (κ2) is 25.7. The summed E-state index contributed by atoms with van der Waals surface area (Å²) < 4.78 is 22.2. The van der Waals surface area contributed by atoms with Gasteiger partial charge in [-0.15, -0.1) is 0 Å². The van der Waals surface area contributed by atoms with Crippen LogP contribution in [0.5, 0.6) is 0 Å². The maximum atomic E-state index is 12.0. The van der Waals surface area contributed by atoms with Crippen LogP contribution < -0.4 is 4.89 Å². The van der Waals surface area contributed by atoms with Gasteiger partial charge in [-0.1, -0.05) is 70.4 Å². The van der Waals surface area contributed by atoms with Crippen molar-refractivity contribution in [3.63, 3.8) is 0 Å². The summed E-state index contributed by atoms with van der Waals surface area (Å²) in [5, 5.41) is 4.59. The van der Waals surface area contributed by atoms with E-state index < -0.39 is 21.4 Å². The van der Waals surface area contributed by atoms with Crippen molar-refractivity contribution in [1.29, 1.82) is 0 Å². The zero-order valence-corrected chi connectivity index (χ0v) is 27.4. The van der Waals surface area contributed by atoms with Gasteiger partial charge in [0.05, 0.1) is 0 Å². The van der Waals surface area contributed by atoms with E-state index in [1.165, 1.54) is 112 Å². The van der Waals surface area contributed by atoms with E-state index >= 15 is 0 Å². The van der Waals surface area contributed by atoms with E-state index in [1.54, 1.807) is 0 Å². The predicted molar refractivity (Wildman–Crippen MR) is 159 cm³/mol. The molecule has 0 heterocycles. The van der Waals surface area contributed by atoms with E-state index in [9.17, 15) is 9.46 Å². The molecule has 1 unspecified atom stereocenters. The molecule has 0 spiro atoms. The van der Waals surface area contributed by atoms with Crippen LogP contribution in [-0.2, 0) is 13.6 Å². The van der Waals surface area contributed by atoms with Gasteiger partial charge in [-0.05, 0) is 25.7 Å². The van der Waals surface area contributed by atoms with Crippen molar-refractivity contribution in [1.82, 2.24) is 0 Å². The molecule has 0 aromatic carbocycles. The molecule has 0 amide bonds. The molecule has 0 saturated carbocycles. The van der Waals surface area contributed by atoms with Crippen LogP contribution in [0.15, 0.2) is 12.2 Å². The van der Waals surface area contributed by atoms with E-state index in [0.717, 1.165) is 24.5 Å². The predicted octanol–water partition coefficient (Wildman–Crippen LogP) is 10.6. The van der Waals surface area contributed by atoms with E-state index in [4.69, 9.17) is 9.05 Å². The van der Waals surface area contributed by atoms with Crippen molar-refractivity contribution in [2.24, 2.45) is 0 Å². The van der Waals surface area contributed by atoms with E-state index in [0.29, 0.717) is 6.61 Å². The number of hydrogen-bond donors (Lipinski definition) is 0. The second-order valence-electron chi connectivity index (χ2n) is 10.5. The molecule has 0 saturated heterocycles. The summed E-state index contributed by atoms with van der Waals surface area (Å²) in [5.41, 5.74) is 0. The van der Waals surface area contributed by atoms with Gasteiger partial charge in [0.25, 0.3) is 0 Å². The third-order valence-corrected chi connectivity index (χ3v) is 19.5. The summed E-state index contributed by atoms with van der Waals surface area (Å²) >= 11 is -1.71. The fourth-order valence-electron chi connectivity index (χ4n) is 4.76. The molecule has 0 fully saturated rings. The van der Waals surface area contributed by atoms with Crippen molar-refractivity contribution in [3.05, 3.63) is 12.2 Å². The van der Waals surface area contributed by atoms with Crippen molar-refractivity contribution in [2.75, 3.05) is 13.2 Å². The molecular weight excluding hydrogens is 530 g/mol. The standard InChI is InChI=1S/C30H63AsO4P/c1-5-9-10-11-12-13-14-15-16-17-18-19-20-21-22-23-24-25-26-27-29-34-36(32,33)35-30-28-31(6-2,7-3)8-4/h15-16H,5-14,17-30H2,1-4H3,(H,32,33)/p-1/b16-15-. The fraction of sp³-hybridized carbons (Fsp3) is 0.933. The Morgan fingerprint density at radius 1 is 0.583 bits per heavy atom. The van der Waals surface area contributed by atoms with Gasteiger partial charge in [0.2, 0.25) is 0 Å². The first kappa shape index (κ1) is 36.4. The Morgan fingerprint density at radius 3 is 1.42 bits per heavy atom. The van der Waals surface area contributed by atoms with Gasteiger partial charge in [-0.25, -0.2) is 0 Å². The number of unbranched alkanes of at least 4 members (excludes halogenated alkanes) is 16. The minimum absolute atomic E-state index is 0.259. The molecule has 0 aromatic rings. The molecule has 0 bridgehead atoms. The quantitative estimate of drug-likeness (QED) is 0.0392. The molecule has 0 N–H and O–H groups in total. The maximum absolute atomic E-state index is 12.0. The first-order valence-electron chi connectivity index (χ1n) is 15.6. The molecule has 0 aliphatic rings. The number of phosphoric ester groups is 1. The monoisotopic (exact) mass is 592 g/mol. The summed E-state index contributed by atoms with van der Waals surface area (Å²) in [7, 11) is -4.13. The van der Waals surface area contributed by atoms with Crippen LogP contribution in [0.1, 0.15) is 143 Å². The van der Waals surface area contributed by atoms with Crippen molar-refractivity contribution < 1.29 is 18.5 Å². The van der Waals surface area contributed by atoms with Crippen LogP contribution in [0.25, 0.3) is 0 Å². The Morgan fingerprint density at radius 2 is 0.972 bits per heavy atom. The summed E-state index contributed by atoms with van der Waals surface area (Å²) in [6, 6.07) is 0. The molecule has 0 aliphatic carbocycles. The van der Waals surface area contributed by atoms with Gasteiger partial charge in [0, 0.05) is 0 Å². The second-order valence-corrected chi connectivity index (χ2v) is 22.4. The summed E-state index contributed by atoms with van der Waals surface area (Å²) in [5.74, 6) is 0. The Kier molecular flexibility index (Phi) is 26.0. The van der Waals surface area contributed by atoms with Crippen LogP contribution in [0, 0.1) is 0 Å². The molecule has 0 aromatic heterocycles. The van der Waals surface area contributed by atoms with E-state index in [-0.39, 0.29) is 6.61 Å². The third-order valence-electron chi connectivity index (χ3n) is 7.73. The number of phosphoric acid groups is 1. The molecule has 4 nitrogen and oxygen atoms in total. The molecule has 6 heteroatoms. The molecular formula is C30H62AsO4P-. The molecule has 1 atom stereocenters. The molecule has 0 rings (SSSR count). The van der Waals surface area contributed by atoms with Crippen molar-refractivity contribution in [3.8, 4) is 0 Å². The van der Waals surface area contributed by atoms with E-state index in [1.807, 2.05) is 0 Å². The van der Waals surface area contributed by atoms with Crippen LogP contribution in [-0.4, -0.2) is 26.8 Å².